The van der Waals surface area contributed by atoms with E-state index in [0.717, 1.165) is 11.0 Å². The zero-order valence-electron chi connectivity index (χ0n) is 7.70. The first-order chi connectivity index (χ1) is 6.81. The molecule has 74 valence electrons. The van der Waals surface area contributed by atoms with Crippen molar-refractivity contribution in [3.63, 3.8) is 0 Å². The molecule has 2 N–H and O–H groups in total. The molecular weight excluding hydrogens is 184 g/mol. The topological polar surface area (TPSA) is 44.5 Å². The molecule has 1 heterocycles. The molecule has 0 aliphatic carbocycles. The van der Waals surface area contributed by atoms with Crippen LogP contribution in [0.5, 0.6) is 0 Å². The van der Waals surface area contributed by atoms with E-state index >= 15 is 0 Å². The Labute approximate surface area is 82.1 Å². The van der Waals surface area contributed by atoms with Crippen molar-refractivity contribution in [2.45, 2.75) is 6.61 Å². The van der Waals surface area contributed by atoms with Crippen LogP contribution in [0.3, 0.4) is 0 Å². The van der Waals surface area contributed by atoms with E-state index in [1.807, 2.05) is 0 Å². The van der Waals surface area contributed by atoms with Crippen molar-refractivity contribution in [3.8, 4) is 0 Å². The fourth-order valence-electron chi connectivity index (χ4n) is 1.50. The van der Waals surface area contributed by atoms with Gasteiger partial charge in [0.05, 0.1) is 6.61 Å². The molecule has 1 aliphatic heterocycles. The summed E-state index contributed by atoms with van der Waals surface area (Å²) in [6.45, 7) is 1.31. The average Bonchev–Trinajstić information content (AvgIpc) is 2.57. The van der Waals surface area contributed by atoms with Crippen molar-refractivity contribution in [2.24, 2.45) is 5.73 Å². The van der Waals surface area contributed by atoms with Crippen LogP contribution in [0.1, 0.15) is 5.56 Å². The molecule has 1 aromatic carbocycles. The lowest BCUT2D eigenvalue weighted by Crippen LogP contribution is -2.33. The molecule has 2 rings (SSSR count). The lowest BCUT2D eigenvalue weighted by atomic mass is 9.79. The summed E-state index contributed by atoms with van der Waals surface area (Å²) >= 11 is 0. The van der Waals surface area contributed by atoms with Gasteiger partial charge >= 0.3 is 7.12 Å². The highest BCUT2D eigenvalue weighted by Gasteiger charge is 2.30. The molecule has 0 saturated heterocycles. The maximum Gasteiger partial charge on any atom is 0.494 e. The Kier molecular flexibility index (Phi) is 2.81. The number of halogens is 1. The van der Waals surface area contributed by atoms with E-state index < -0.39 is 0 Å². The van der Waals surface area contributed by atoms with Crippen LogP contribution < -0.4 is 11.2 Å². The molecule has 0 spiro atoms. The fourth-order valence-corrected chi connectivity index (χ4v) is 1.50. The van der Waals surface area contributed by atoms with Crippen LogP contribution in [0.15, 0.2) is 18.2 Å². The highest BCUT2D eigenvalue weighted by atomic mass is 19.1. The van der Waals surface area contributed by atoms with Crippen LogP contribution >= 0.6 is 0 Å². The second-order valence-electron chi connectivity index (χ2n) is 3.15. The highest BCUT2D eigenvalue weighted by Crippen LogP contribution is 2.12. The average molecular weight is 195 g/mol. The largest absolute Gasteiger partial charge is 0.494 e. The predicted molar refractivity (Wildman–Crippen MR) is 51.6 cm³/mol. The number of hydrogen-bond donors (Lipinski definition) is 1. The molecule has 0 saturated carbocycles. The van der Waals surface area contributed by atoms with E-state index in [4.69, 9.17) is 15.0 Å². The second kappa shape index (κ2) is 4.08. The molecule has 0 unspecified atom stereocenters. The van der Waals surface area contributed by atoms with Gasteiger partial charge in [-0.15, -0.1) is 0 Å². The van der Waals surface area contributed by atoms with Gasteiger partial charge in [-0.05, 0) is 23.2 Å². The molecule has 0 atom stereocenters. The Morgan fingerprint density at radius 3 is 3.21 bits per heavy atom. The van der Waals surface area contributed by atoms with Gasteiger partial charge in [0.2, 0.25) is 0 Å². The molecule has 0 fully saturated rings. The molecule has 1 aliphatic rings. The summed E-state index contributed by atoms with van der Waals surface area (Å²) < 4.78 is 23.5. The van der Waals surface area contributed by atoms with E-state index in [1.54, 1.807) is 6.07 Å². The Bertz CT molecular complexity index is 335. The second-order valence-corrected chi connectivity index (χ2v) is 3.15. The number of nitrogens with two attached hydrogens (primary N) is 1. The van der Waals surface area contributed by atoms with Gasteiger partial charge in [-0.25, -0.2) is 4.39 Å². The van der Waals surface area contributed by atoms with Crippen molar-refractivity contribution in [1.82, 2.24) is 0 Å². The third-order valence-electron chi connectivity index (χ3n) is 2.14. The molecule has 5 heteroatoms. The summed E-state index contributed by atoms with van der Waals surface area (Å²) in [5.74, 6) is -0.244. The van der Waals surface area contributed by atoms with Crippen molar-refractivity contribution in [1.29, 1.82) is 0 Å². The summed E-state index contributed by atoms with van der Waals surface area (Å²) in [6.07, 6.45) is 0. The van der Waals surface area contributed by atoms with Crippen LogP contribution in [0.4, 0.5) is 4.39 Å². The van der Waals surface area contributed by atoms with E-state index in [1.165, 1.54) is 12.1 Å². The van der Waals surface area contributed by atoms with Crippen LogP contribution in [0.2, 0.25) is 0 Å². The van der Waals surface area contributed by atoms with Gasteiger partial charge in [-0.1, -0.05) is 6.07 Å². The lowest BCUT2D eigenvalue weighted by molar-refractivity contribution is 0.216. The van der Waals surface area contributed by atoms with Gasteiger partial charge < -0.3 is 15.0 Å². The van der Waals surface area contributed by atoms with E-state index in [9.17, 15) is 4.39 Å². The molecular formula is C9H11BFNO2. The van der Waals surface area contributed by atoms with Crippen LogP contribution in [-0.4, -0.2) is 20.3 Å². The van der Waals surface area contributed by atoms with Gasteiger partial charge in [0.1, 0.15) is 5.82 Å². The Morgan fingerprint density at radius 1 is 1.57 bits per heavy atom. The molecule has 0 aromatic heterocycles. The number of rotatable bonds is 3. The standard InChI is InChI=1S/C9H11BFNO2/c11-8-1-2-9-7(5-8)6-14-10(9)13-4-3-12/h1-2,5H,3-4,6,12H2. The van der Waals surface area contributed by atoms with E-state index in [0.29, 0.717) is 19.8 Å². The smallest absolute Gasteiger partial charge is 0.406 e. The molecule has 0 radical (unpaired) electrons. The van der Waals surface area contributed by atoms with Gasteiger partial charge in [-0.3, -0.25) is 0 Å². The van der Waals surface area contributed by atoms with Gasteiger partial charge in [0.25, 0.3) is 0 Å². The minimum atomic E-state index is -0.380. The summed E-state index contributed by atoms with van der Waals surface area (Å²) in [7, 11) is -0.380. The monoisotopic (exact) mass is 195 g/mol. The Balaban J connectivity index is 2.14. The Hall–Kier alpha value is -0.905. The molecule has 0 amide bonds. The minimum absolute atomic E-state index is 0.244. The first-order valence-corrected chi connectivity index (χ1v) is 4.53. The maximum atomic E-state index is 12.8. The Morgan fingerprint density at radius 2 is 2.43 bits per heavy atom. The summed E-state index contributed by atoms with van der Waals surface area (Å²) in [4.78, 5) is 0. The minimum Gasteiger partial charge on any atom is -0.406 e. The maximum absolute atomic E-state index is 12.8. The quantitative estimate of drug-likeness (QED) is 0.691. The molecule has 14 heavy (non-hydrogen) atoms. The van der Waals surface area contributed by atoms with E-state index in [2.05, 4.69) is 0 Å². The zero-order chi connectivity index (χ0) is 9.97. The zero-order valence-corrected chi connectivity index (χ0v) is 7.70. The van der Waals surface area contributed by atoms with Gasteiger partial charge in [0.15, 0.2) is 0 Å². The first kappa shape index (κ1) is 9.64. The summed E-state index contributed by atoms with van der Waals surface area (Å²) in [6, 6.07) is 4.58. The van der Waals surface area contributed by atoms with Crippen molar-refractivity contribution in [2.75, 3.05) is 13.2 Å². The first-order valence-electron chi connectivity index (χ1n) is 4.53. The SMILES string of the molecule is NCCOB1OCc2cc(F)ccc21. The normalized spacial score (nSPS) is 14.6. The number of hydrogen-bond acceptors (Lipinski definition) is 3. The van der Waals surface area contributed by atoms with Crippen LogP contribution in [-0.2, 0) is 15.9 Å². The van der Waals surface area contributed by atoms with Gasteiger partial charge in [-0.2, -0.15) is 0 Å². The lowest BCUT2D eigenvalue weighted by Gasteiger charge is -2.06. The van der Waals surface area contributed by atoms with Crippen molar-refractivity contribution >= 4 is 12.6 Å². The van der Waals surface area contributed by atoms with Crippen LogP contribution in [0.25, 0.3) is 0 Å². The number of benzene rings is 1. The third kappa shape index (κ3) is 1.80. The predicted octanol–water partition coefficient (Wildman–Crippen LogP) is 0.0264. The fraction of sp³-hybridized carbons (Fsp3) is 0.333. The summed E-state index contributed by atoms with van der Waals surface area (Å²) in [5.41, 5.74) is 7.07. The van der Waals surface area contributed by atoms with Gasteiger partial charge in [0, 0.05) is 13.2 Å². The molecule has 0 bridgehead atoms. The molecule has 3 nitrogen and oxygen atoms in total. The third-order valence-corrected chi connectivity index (χ3v) is 2.14. The number of fused-ring (bicyclic) bond motifs is 1. The highest BCUT2D eigenvalue weighted by molar-refractivity contribution is 6.62. The molecule has 1 aromatic rings. The van der Waals surface area contributed by atoms with Crippen molar-refractivity contribution in [3.05, 3.63) is 29.6 Å². The summed E-state index contributed by atoms with van der Waals surface area (Å²) in [5, 5.41) is 0. The van der Waals surface area contributed by atoms with E-state index in [-0.39, 0.29) is 12.9 Å². The van der Waals surface area contributed by atoms with Crippen LogP contribution in [0, 0.1) is 5.82 Å². The van der Waals surface area contributed by atoms with Crippen molar-refractivity contribution < 1.29 is 13.7 Å².